The summed E-state index contributed by atoms with van der Waals surface area (Å²) in [6.07, 6.45) is 0. The van der Waals surface area contributed by atoms with E-state index in [1.54, 1.807) is 26.4 Å². The summed E-state index contributed by atoms with van der Waals surface area (Å²) in [7, 11) is 3.23. The van der Waals surface area contributed by atoms with Crippen molar-refractivity contribution in [2.24, 2.45) is 0 Å². The molecule has 0 amide bonds. The second-order valence-corrected chi connectivity index (χ2v) is 5.01. The minimum Gasteiger partial charge on any atom is -0.497 e. The molecule has 0 saturated heterocycles. The van der Waals surface area contributed by atoms with Gasteiger partial charge >= 0.3 is 0 Å². The van der Waals surface area contributed by atoms with Crippen molar-refractivity contribution in [3.05, 3.63) is 52.3 Å². The molecule has 0 heterocycles. The zero-order valence-electron chi connectivity index (χ0n) is 11.2. The lowest BCUT2D eigenvalue weighted by Crippen LogP contribution is -2.02. The standard InChI is InChI=1S/C15H15BrFNO2/c1-19-12-5-3-10(15(8-12)20-2)9-18-11-4-6-14(17)13(16)7-11/h3-8,18H,9H2,1-2H3. The maximum absolute atomic E-state index is 13.2. The fourth-order valence-electron chi connectivity index (χ4n) is 1.80. The van der Waals surface area contributed by atoms with Gasteiger partial charge in [-0.15, -0.1) is 0 Å². The highest BCUT2D eigenvalue weighted by atomic mass is 79.9. The molecule has 106 valence electrons. The van der Waals surface area contributed by atoms with Gasteiger partial charge in [0.05, 0.1) is 18.7 Å². The van der Waals surface area contributed by atoms with E-state index in [1.165, 1.54) is 6.07 Å². The first kappa shape index (κ1) is 14.7. The van der Waals surface area contributed by atoms with Crippen LogP contribution >= 0.6 is 15.9 Å². The SMILES string of the molecule is COc1ccc(CNc2ccc(F)c(Br)c2)c(OC)c1. The normalized spacial score (nSPS) is 10.2. The van der Waals surface area contributed by atoms with Crippen LogP contribution in [0.5, 0.6) is 11.5 Å². The van der Waals surface area contributed by atoms with E-state index >= 15 is 0 Å². The van der Waals surface area contributed by atoms with Gasteiger partial charge in [-0.3, -0.25) is 0 Å². The van der Waals surface area contributed by atoms with E-state index < -0.39 is 0 Å². The molecule has 2 aromatic rings. The molecular formula is C15H15BrFNO2. The number of halogens is 2. The Bertz CT molecular complexity index is 604. The molecule has 5 heteroatoms. The van der Waals surface area contributed by atoms with Crippen LogP contribution in [0.2, 0.25) is 0 Å². The highest BCUT2D eigenvalue weighted by Crippen LogP contribution is 2.26. The molecule has 0 saturated carbocycles. The van der Waals surface area contributed by atoms with Gasteiger partial charge in [-0.05, 0) is 46.3 Å². The largest absolute Gasteiger partial charge is 0.497 e. The van der Waals surface area contributed by atoms with Crippen LogP contribution in [0.1, 0.15) is 5.56 Å². The molecule has 0 aliphatic heterocycles. The fourth-order valence-corrected chi connectivity index (χ4v) is 2.18. The van der Waals surface area contributed by atoms with E-state index in [2.05, 4.69) is 21.2 Å². The Balaban J connectivity index is 2.12. The maximum Gasteiger partial charge on any atom is 0.137 e. The van der Waals surface area contributed by atoms with Gasteiger partial charge in [-0.25, -0.2) is 4.39 Å². The van der Waals surface area contributed by atoms with E-state index in [0.717, 1.165) is 22.7 Å². The third-order valence-electron chi connectivity index (χ3n) is 2.90. The van der Waals surface area contributed by atoms with Crippen LogP contribution in [0.25, 0.3) is 0 Å². The van der Waals surface area contributed by atoms with Gasteiger partial charge in [0.1, 0.15) is 17.3 Å². The molecular weight excluding hydrogens is 325 g/mol. The van der Waals surface area contributed by atoms with E-state index in [9.17, 15) is 4.39 Å². The van der Waals surface area contributed by atoms with Crippen molar-refractivity contribution in [2.75, 3.05) is 19.5 Å². The summed E-state index contributed by atoms with van der Waals surface area (Å²) in [4.78, 5) is 0. The summed E-state index contributed by atoms with van der Waals surface area (Å²) in [6.45, 7) is 0.575. The van der Waals surface area contributed by atoms with Crippen molar-refractivity contribution in [1.82, 2.24) is 0 Å². The monoisotopic (exact) mass is 339 g/mol. The van der Waals surface area contributed by atoms with Crippen LogP contribution in [-0.4, -0.2) is 14.2 Å². The molecule has 0 bridgehead atoms. The van der Waals surface area contributed by atoms with Gasteiger partial charge in [0.2, 0.25) is 0 Å². The highest BCUT2D eigenvalue weighted by Gasteiger charge is 2.06. The fraction of sp³-hybridized carbons (Fsp3) is 0.200. The maximum atomic E-state index is 13.2. The second-order valence-electron chi connectivity index (χ2n) is 4.16. The topological polar surface area (TPSA) is 30.5 Å². The number of methoxy groups -OCH3 is 2. The average Bonchev–Trinajstić information content (AvgIpc) is 2.48. The van der Waals surface area contributed by atoms with E-state index in [4.69, 9.17) is 9.47 Å². The molecule has 0 radical (unpaired) electrons. The number of hydrogen-bond acceptors (Lipinski definition) is 3. The van der Waals surface area contributed by atoms with Crippen LogP contribution < -0.4 is 14.8 Å². The van der Waals surface area contributed by atoms with Crippen molar-refractivity contribution in [1.29, 1.82) is 0 Å². The Kier molecular flexibility index (Phi) is 4.84. The number of benzene rings is 2. The number of ether oxygens (including phenoxy) is 2. The van der Waals surface area contributed by atoms with Crippen molar-refractivity contribution in [2.45, 2.75) is 6.54 Å². The summed E-state index contributed by atoms with van der Waals surface area (Å²) in [5.41, 5.74) is 1.82. The zero-order chi connectivity index (χ0) is 14.5. The molecule has 0 fully saturated rings. The second kappa shape index (κ2) is 6.61. The molecule has 0 atom stereocenters. The molecule has 1 N–H and O–H groups in total. The lowest BCUT2D eigenvalue weighted by atomic mass is 10.2. The van der Waals surface area contributed by atoms with Crippen LogP contribution in [0, 0.1) is 5.82 Å². The first-order valence-electron chi connectivity index (χ1n) is 6.04. The lowest BCUT2D eigenvalue weighted by molar-refractivity contribution is 0.391. The predicted molar refractivity (Wildman–Crippen MR) is 81.0 cm³/mol. The Labute approximate surface area is 125 Å². The van der Waals surface area contributed by atoms with Crippen molar-refractivity contribution < 1.29 is 13.9 Å². The molecule has 0 aliphatic rings. The summed E-state index contributed by atoms with van der Waals surface area (Å²) >= 11 is 3.16. The molecule has 2 aromatic carbocycles. The van der Waals surface area contributed by atoms with Crippen molar-refractivity contribution in [3.63, 3.8) is 0 Å². The molecule has 0 aliphatic carbocycles. The highest BCUT2D eigenvalue weighted by molar-refractivity contribution is 9.10. The Morgan fingerprint density at radius 1 is 1.10 bits per heavy atom. The molecule has 20 heavy (non-hydrogen) atoms. The number of nitrogens with one attached hydrogen (secondary N) is 1. The smallest absolute Gasteiger partial charge is 0.137 e. The van der Waals surface area contributed by atoms with Crippen LogP contribution in [0.4, 0.5) is 10.1 Å². The number of hydrogen-bond donors (Lipinski definition) is 1. The van der Waals surface area contributed by atoms with Gasteiger partial charge < -0.3 is 14.8 Å². The van der Waals surface area contributed by atoms with Gasteiger partial charge in [0.15, 0.2) is 0 Å². The van der Waals surface area contributed by atoms with Crippen molar-refractivity contribution in [3.8, 4) is 11.5 Å². The summed E-state index contributed by atoms with van der Waals surface area (Å²) in [6, 6.07) is 10.4. The average molecular weight is 340 g/mol. The van der Waals surface area contributed by atoms with E-state index in [-0.39, 0.29) is 5.82 Å². The Morgan fingerprint density at radius 3 is 2.55 bits per heavy atom. The Morgan fingerprint density at radius 2 is 1.90 bits per heavy atom. The summed E-state index contributed by atoms with van der Waals surface area (Å²) < 4.78 is 24.1. The predicted octanol–water partition coefficient (Wildman–Crippen LogP) is 4.22. The van der Waals surface area contributed by atoms with Gasteiger partial charge in [-0.1, -0.05) is 0 Å². The summed E-state index contributed by atoms with van der Waals surface area (Å²) in [5.74, 6) is 1.21. The number of rotatable bonds is 5. The quantitative estimate of drug-likeness (QED) is 0.884. The minimum atomic E-state index is -0.280. The van der Waals surface area contributed by atoms with Gasteiger partial charge in [-0.2, -0.15) is 0 Å². The first-order valence-corrected chi connectivity index (χ1v) is 6.83. The van der Waals surface area contributed by atoms with Crippen LogP contribution in [0.15, 0.2) is 40.9 Å². The van der Waals surface area contributed by atoms with Gasteiger partial charge in [0.25, 0.3) is 0 Å². The van der Waals surface area contributed by atoms with Gasteiger partial charge in [0, 0.05) is 23.9 Å². The van der Waals surface area contributed by atoms with E-state index in [0.29, 0.717) is 11.0 Å². The first-order chi connectivity index (χ1) is 9.63. The molecule has 0 unspecified atom stereocenters. The van der Waals surface area contributed by atoms with Crippen molar-refractivity contribution >= 4 is 21.6 Å². The third-order valence-corrected chi connectivity index (χ3v) is 3.50. The Hall–Kier alpha value is -1.75. The molecule has 2 rings (SSSR count). The summed E-state index contributed by atoms with van der Waals surface area (Å²) in [5, 5.41) is 3.22. The zero-order valence-corrected chi connectivity index (χ0v) is 12.8. The number of anilines is 1. The van der Waals surface area contributed by atoms with Crippen LogP contribution in [0.3, 0.4) is 0 Å². The third kappa shape index (κ3) is 3.42. The molecule has 0 spiro atoms. The van der Waals surface area contributed by atoms with Crippen LogP contribution in [-0.2, 0) is 6.54 Å². The minimum absolute atomic E-state index is 0.280. The van der Waals surface area contributed by atoms with E-state index in [1.807, 2.05) is 18.2 Å². The lowest BCUT2D eigenvalue weighted by Gasteiger charge is -2.12. The molecule has 3 nitrogen and oxygen atoms in total. The molecule has 0 aromatic heterocycles.